The van der Waals surface area contributed by atoms with E-state index in [0.717, 1.165) is 19.3 Å². The first kappa shape index (κ1) is 16.3. The van der Waals surface area contributed by atoms with Crippen LogP contribution < -0.4 is 4.74 Å². The Bertz CT molecular complexity index is 533. The molecule has 1 aromatic rings. The molecule has 0 radical (unpaired) electrons. The van der Waals surface area contributed by atoms with E-state index < -0.39 is 10.0 Å². The number of methoxy groups -OCH3 is 1. The van der Waals surface area contributed by atoms with Gasteiger partial charge in [0.2, 0.25) is 10.0 Å². The topological polar surface area (TPSA) is 46.6 Å². The molecule has 1 fully saturated rings. The molecule has 0 bridgehead atoms. The molecule has 0 aliphatic heterocycles. The van der Waals surface area contributed by atoms with E-state index in [0.29, 0.717) is 29.7 Å². The Balaban J connectivity index is 2.18. The van der Waals surface area contributed by atoms with Crippen molar-refractivity contribution in [1.29, 1.82) is 0 Å². The molecular formula is C16H25NO3S. The Kier molecular flexibility index (Phi) is 5.65. The molecule has 1 aliphatic rings. The van der Waals surface area contributed by atoms with E-state index in [1.54, 1.807) is 35.7 Å². The van der Waals surface area contributed by atoms with Crippen LogP contribution in [-0.4, -0.2) is 32.9 Å². The van der Waals surface area contributed by atoms with Gasteiger partial charge in [-0.05, 0) is 49.4 Å². The van der Waals surface area contributed by atoms with Crippen molar-refractivity contribution in [2.75, 3.05) is 20.2 Å². The van der Waals surface area contributed by atoms with Crippen molar-refractivity contribution in [3.63, 3.8) is 0 Å². The fourth-order valence-electron chi connectivity index (χ4n) is 2.94. The maximum atomic E-state index is 12.8. The minimum atomic E-state index is -3.40. The van der Waals surface area contributed by atoms with Gasteiger partial charge in [-0.15, -0.1) is 0 Å². The Morgan fingerprint density at radius 1 is 1.19 bits per heavy atom. The number of hydrogen-bond acceptors (Lipinski definition) is 3. The van der Waals surface area contributed by atoms with E-state index in [1.807, 2.05) is 6.92 Å². The summed E-state index contributed by atoms with van der Waals surface area (Å²) < 4.78 is 32.3. The van der Waals surface area contributed by atoms with Crippen LogP contribution in [0.1, 0.15) is 39.0 Å². The van der Waals surface area contributed by atoms with Crippen molar-refractivity contribution in [3.8, 4) is 5.75 Å². The molecule has 0 saturated heterocycles. The lowest BCUT2D eigenvalue weighted by Gasteiger charge is -2.24. The molecule has 1 aliphatic carbocycles. The van der Waals surface area contributed by atoms with E-state index in [4.69, 9.17) is 4.74 Å². The number of sulfonamides is 1. The van der Waals surface area contributed by atoms with Crippen LogP contribution in [0.3, 0.4) is 0 Å². The second-order valence-electron chi connectivity index (χ2n) is 5.69. The quantitative estimate of drug-likeness (QED) is 0.776. The standard InChI is InChI=1S/C16H25NO3S/c1-3-12-17(13-14-6-4-5-7-14)21(18,19)16-10-8-15(20-2)9-11-16/h8-11,14H,3-7,12-13H2,1-2H3. The summed E-state index contributed by atoms with van der Waals surface area (Å²) in [5, 5.41) is 0. The number of rotatable bonds is 7. The lowest BCUT2D eigenvalue weighted by atomic mass is 10.1. The average Bonchev–Trinajstić information content (AvgIpc) is 3.00. The molecular weight excluding hydrogens is 286 g/mol. The number of nitrogens with zero attached hydrogens (tertiary/aromatic N) is 1. The van der Waals surface area contributed by atoms with Crippen LogP contribution in [0.4, 0.5) is 0 Å². The fourth-order valence-corrected chi connectivity index (χ4v) is 4.54. The first-order valence-corrected chi connectivity index (χ1v) is 9.16. The Labute approximate surface area is 128 Å². The summed E-state index contributed by atoms with van der Waals surface area (Å²) in [5.74, 6) is 1.19. The van der Waals surface area contributed by atoms with Gasteiger partial charge in [-0.2, -0.15) is 4.31 Å². The first-order chi connectivity index (χ1) is 10.1. The molecule has 1 saturated carbocycles. The van der Waals surface area contributed by atoms with Gasteiger partial charge >= 0.3 is 0 Å². The molecule has 0 unspecified atom stereocenters. The summed E-state index contributed by atoms with van der Waals surface area (Å²) >= 11 is 0. The molecule has 0 N–H and O–H groups in total. The highest BCUT2D eigenvalue weighted by Crippen LogP contribution is 2.28. The maximum absolute atomic E-state index is 12.8. The number of hydrogen-bond donors (Lipinski definition) is 0. The normalized spacial score (nSPS) is 16.5. The summed E-state index contributed by atoms with van der Waals surface area (Å²) in [5.41, 5.74) is 0. The maximum Gasteiger partial charge on any atom is 0.243 e. The van der Waals surface area contributed by atoms with E-state index >= 15 is 0 Å². The van der Waals surface area contributed by atoms with Gasteiger partial charge in [0.05, 0.1) is 12.0 Å². The van der Waals surface area contributed by atoms with Crippen molar-refractivity contribution in [2.45, 2.75) is 43.9 Å². The van der Waals surface area contributed by atoms with Gasteiger partial charge in [0.1, 0.15) is 5.75 Å². The second-order valence-corrected chi connectivity index (χ2v) is 7.63. The Morgan fingerprint density at radius 3 is 2.33 bits per heavy atom. The van der Waals surface area contributed by atoms with Gasteiger partial charge in [-0.3, -0.25) is 0 Å². The van der Waals surface area contributed by atoms with Crippen molar-refractivity contribution in [2.24, 2.45) is 5.92 Å². The minimum absolute atomic E-state index is 0.356. The molecule has 5 heteroatoms. The van der Waals surface area contributed by atoms with Gasteiger partial charge in [0, 0.05) is 13.1 Å². The van der Waals surface area contributed by atoms with Crippen molar-refractivity contribution >= 4 is 10.0 Å². The second kappa shape index (κ2) is 7.27. The first-order valence-electron chi connectivity index (χ1n) is 7.72. The summed E-state index contributed by atoms with van der Waals surface area (Å²) in [6.45, 7) is 3.26. The van der Waals surface area contributed by atoms with Crippen molar-refractivity contribution < 1.29 is 13.2 Å². The molecule has 2 rings (SSSR count). The smallest absolute Gasteiger partial charge is 0.243 e. The van der Waals surface area contributed by atoms with Crippen LogP contribution in [0.15, 0.2) is 29.2 Å². The fraction of sp³-hybridized carbons (Fsp3) is 0.625. The molecule has 0 amide bonds. The van der Waals surface area contributed by atoms with Crippen LogP contribution in [0.25, 0.3) is 0 Å². The summed E-state index contributed by atoms with van der Waals surface area (Å²) in [7, 11) is -1.82. The molecule has 0 aromatic heterocycles. The zero-order valence-corrected chi connectivity index (χ0v) is 13.7. The van der Waals surface area contributed by atoms with E-state index in [2.05, 4.69) is 0 Å². The third kappa shape index (κ3) is 3.98. The number of ether oxygens (including phenoxy) is 1. The predicted octanol–water partition coefficient (Wildman–Crippen LogP) is 3.29. The van der Waals surface area contributed by atoms with Crippen LogP contribution in [0, 0.1) is 5.92 Å². The monoisotopic (exact) mass is 311 g/mol. The van der Waals surface area contributed by atoms with Crippen molar-refractivity contribution in [3.05, 3.63) is 24.3 Å². The van der Waals surface area contributed by atoms with Crippen LogP contribution in [0.5, 0.6) is 5.75 Å². The van der Waals surface area contributed by atoms with Crippen LogP contribution in [-0.2, 0) is 10.0 Å². The molecule has 118 valence electrons. The van der Waals surface area contributed by atoms with Crippen molar-refractivity contribution in [1.82, 2.24) is 4.31 Å². The highest BCUT2D eigenvalue weighted by molar-refractivity contribution is 7.89. The average molecular weight is 311 g/mol. The summed E-state index contributed by atoms with van der Waals surface area (Å²) in [4.78, 5) is 0.356. The molecule has 0 heterocycles. The molecule has 1 aromatic carbocycles. The predicted molar refractivity (Wildman–Crippen MR) is 84.0 cm³/mol. The van der Waals surface area contributed by atoms with Gasteiger partial charge < -0.3 is 4.74 Å². The van der Waals surface area contributed by atoms with Gasteiger partial charge in [0.25, 0.3) is 0 Å². The van der Waals surface area contributed by atoms with Gasteiger partial charge in [-0.25, -0.2) is 8.42 Å². The van der Waals surface area contributed by atoms with Gasteiger partial charge in [-0.1, -0.05) is 19.8 Å². The Hall–Kier alpha value is -1.07. The third-order valence-electron chi connectivity index (χ3n) is 4.11. The molecule has 0 spiro atoms. The zero-order valence-electron chi connectivity index (χ0n) is 12.9. The molecule has 0 atom stereocenters. The van der Waals surface area contributed by atoms with E-state index in [-0.39, 0.29) is 0 Å². The summed E-state index contributed by atoms with van der Waals surface area (Å²) in [6, 6.07) is 6.66. The van der Waals surface area contributed by atoms with E-state index in [1.165, 1.54) is 12.8 Å². The summed E-state index contributed by atoms with van der Waals surface area (Å²) in [6.07, 6.45) is 5.60. The van der Waals surface area contributed by atoms with E-state index in [9.17, 15) is 8.42 Å². The lowest BCUT2D eigenvalue weighted by Crippen LogP contribution is -2.35. The Morgan fingerprint density at radius 2 is 1.81 bits per heavy atom. The zero-order chi connectivity index (χ0) is 15.3. The highest BCUT2D eigenvalue weighted by atomic mass is 32.2. The molecule has 4 nitrogen and oxygen atoms in total. The largest absolute Gasteiger partial charge is 0.497 e. The number of benzene rings is 1. The lowest BCUT2D eigenvalue weighted by molar-refractivity contribution is 0.344. The molecule has 21 heavy (non-hydrogen) atoms. The van der Waals surface area contributed by atoms with Gasteiger partial charge in [0.15, 0.2) is 0 Å². The third-order valence-corrected chi connectivity index (χ3v) is 5.99. The van der Waals surface area contributed by atoms with Crippen LogP contribution >= 0.6 is 0 Å². The van der Waals surface area contributed by atoms with Crippen LogP contribution in [0.2, 0.25) is 0 Å². The SMILES string of the molecule is CCCN(CC1CCCC1)S(=O)(=O)c1ccc(OC)cc1. The minimum Gasteiger partial charge on any atom is -0.497 e. The highest BCUT2D eigenvalue weighted by Gasteiger charge is 2.27.